The molecule has 1 N–H and O–H groups in total. The number of halogens is 1. The molecule has 1 fully saturated rings. The van der Waals surface area contributed by atoms with Gasteiger partial charge in [-0.15, -0.1) is 0 Å². The third kappa shape index (κ3) is 4.28. The molecule has 0 spiro atoms. The van der Waals surface area contributed by atoms with Gasteiger partial charge < -0.3 is 10.1 Å². The fraction of sp³-hybridized carbons (Fsp3) is 0.533. The molecule has 1 saturated heterocycles. The van der Waals surface area contributed by atoms with Gasteiger partial charge in [0.2, 0.25) is 5.91 Å². The van der Waals surface area contributed by atoms with Crippen LogP contribution in [-0.2, 0) is 9.53 Å². The number of hydrogen-bond acceptors (Lipinski definition) is 3. The molecule has 110 valence electrons. The summed E-state index contributed by atoms with van der Waals surface area (Å²) in [5.74, 6) is -0.217. The molecule has 5 heteroatoms. The Morgan fingerprint density at radius 2 is 2.05 bits per heavy atom. The van der Waals surface area contributed by atoms with E-state index >= 15 is 0 Å². The summed E-state index contributed by atoms with van der Waals surface area (Å²) >= 11 is 0. The number of amides is 1. The van der Waals surface area contributed by atoms with Crippen LogP contribution in [0.25, 0.3) is 0 Å². The van der Waals surface area contributed by atoms with Crippen LogP contribution in [0.5, 0.6) is 0 Å². The van der Waals surface area contributed by atoms with E-state index in [9.17, 15) is 9.18 Å². The highest BCUT2D eigenvalue weighted by molar-refractivity contribution is 5.92. The number of benzene rings is 1. The smallest absolute Gasteiger partial charge is 0.238 e. The fourth-order valence-electron chi connectivity index (χ4n) is 2.18. The molecule has 2 rings (SSSR count). The first kappa shape index (κ1) is 14.9. The van der Waals surface area contributed by atoms with Crippen LogP contribution in [0, 0.1) is 5.82 Å². The molecule has 20 heavy (non-hydrogen) atoms. The van der Waals surface area contributed by atoms with E-state index in [0.717, 1.165) is 18.7 Å². The Labute approximate surface area is 118 Å². The van der Waals surface area contributed by atoms with Gasteiger partial charge in [-0.3, -0.25) is 9.69 Å². The van der Waals surface area contributed by atoms with Crippen molar-refractivity contribution < 1.29 is 13.9 Å². The number of nitrogens with one attached hydrogen (secondary N) is 1. The van der Waals surface area contributed by atoms with Gasteiger partial charge in [-0.25, -0.2) is 4.39 Å². The molecule has 0 unspecified atom stereocenters. The van der Waals surface area contributed by atoms with Gasteiger partial charge in [0.05, 0.1) is 19.8 Å². The second-order valence-electron chi connectivity index (χ2n) is 5.36. The molecular weight excluding hydrogens is 259 g/mol. The summed E-state index contributed by atoms with van der Waals surface area (Å²) in [5.41, 5.74) is 1.40. The first-order valence-corrected chi connectivity index (χ1v) is 6.95. The minimum Gasteiger partial charge on any atom is -0.379 e. The molecule has 0 saturated carbocycles. The number of rotatable bonds is 4. The van der Waals surface area contributed by atoms with Crippen LogP contribution < -0.4 is 5.32 Å². The van der Waals surface area contributed by atoms with Gasteiger partial charge in [0, 0.05) is 18.8 Å². The van der Waals surface area contributed by atoms with Crippen LogP contribution in [0.4, 0.5) is 10.1 Å². The van der Waals surface area contributed by atoms with Crippen molar-refractivity contribution in [3.8, 4) is 0 Å². The lowest BCUT2D eigenvalue weighted by Gasteiger charge is -2.25. The van der Waals surface area contributed by atoms with Gasteiger partial charge >= 0.3 is 0 Å². The zero-order chi connectivity index (χ0) is 14.5. The SMILES string of the molecule is CC(C)c1cc(F)cc(NC(=O)CN2CCOCC2)c1. The highest BCUT2D eigenvalue weighted by atomic mass is 19.1. The predicted molar refractivity (Wildman–Crippen MR) is 76.4 cm³/mol. The minimum absolute atomic E-state index is 0.118. The van der Waals surface area contributed by atoms with Crippen molar-refractivity contribution >= 4 is 11.6 Å². The third-order valence-electron chi connectivity index (χ3n) is 3.34. The van der Waals surface area contributed by atoms with Crippen molar-refractivity contribution in [3.63, 3.8) is 0 Å². The maximum atomic E-state index is 13.5. The van der Waals surface area contributed by atoms with Crippen LogP contribution in [0.15, 0.2) is 18.2 Å². The van der Waals surface area contributed by atoms with E-state index in [4.69, 9.17) is 4.74 Å². The number of anilines is 1. The molecule has 1 heterocycles. The lowest BCUT2D eigenvalue weighted by atomic mass is 10.0. The highest BCUT2D eigenvalue weighted by Gasteiger charge is 2.14. The van der Waals surface area contributed by atoms with Crippen molar-refractivity contribution in [2.75, 3.05) is 38.2 Å². The van der Waals surface area contributed by atoms with Crippen molar-refractivity contribution in [1.82, 2.24) is 4.90 Å². The number of carbonyl (C=O) groups excluding carboxylic acids is 1. The molecule has 1 amide bonds. The minimum atomic E-state index is -0.321. The Morgan fingerprint density at radius 1 is 1.35 bits per heavy atom. The highest BCUT2D eigenvalue weighted by Crippen LogP contribution is 2.20. The molecule has 1 aliphatic heterocycles. The summed E-state index contributed by atoms with van der Waals surface area (Å²) in [6.07, 6.45) is 0. The zero-order valence-corrected chi connectivity index (χ0v) is 12.0. The molecule has 0 aromatic heterocycles. The Kier molecular flexibility index (Phi) is 5.09. The number of hydrogen-bond donors (Lipinski definition) is 1. The summed E-state index contributed by atoms with van der Waals surface area (Å²) in [6, 6.07) is 4.68. The molecule has 0 bridgehead atoms. The zero-order valence-electron chi connectivity index (χ0n) is 12.0. The quantitative estimate of drug-likeness (QED) is 0.919. The fourth-order valence-corrected chi connectivity index (χ4v) is 2.18. The van der Waals surface area contributed by atoms with Gasteiger partial charge in [-0.1, -0.05) is 13.8 Å². The summed E-state index contributed by atoms with van der Waals surface area (Å²) in [7, 11) is 0. The third-order valence-corrected chi connectivity index (χ3v) is 3.34. The molecule has 1 aliphatic rings. The van der Waals surface area contributed by atoms with E-state index in [1.165, 1.54) is 12.1 Å². The van der Waals surface area contributed by atoms with Gasteiger partial charge in [0.1, 0.15) is 5.82 Å². The largest absolute Gasteiger partial charge is 0.379 e. The number of morpholine rings is 1. The van der Waals surface area contributed by atoms with E-state index in [2.05, 4.69) is 5.32 Å². The molecule has 0 radical (unpaired) electrons. The second-order valence-corrected chi connectivity index (χ2v) is 5.36. The maximum Gasteiger partial charge on any atom is 0.238 e. The Hall–Kier alpha value is -1.46. The summed E-state index contributed by atoms with van der Waals surface area (Å²) in [6.45, 7) is 7.14. The Morgan fingerprint density at radius 3 is 2.70 bits per heavy atom. The van der Waals surface area contributed by atoms with Crippen molar-refractivity contribution in [1.29, 1.82) is 0 Å². The Bertz CT molecular complexity index is 471. The van der Waals surface area contributed by atoms with E-state index < -0.39 is 0 Å². The first-order valence-electron chi connectivity index (χ1n) is 6.95. The van der Waals surface area contributed by atoms with Gasteiger partial charge in [0.25, 0.3) is 0 Å². The second kappa shape index (κ2) is 6.81. The molecule has 0 aliphatic carbocycles. The van der Waals surface area contributed by atoms with E-state index in [-0.39, 0.29) is 17.6 Å². The molecule has 1 aromatic rings. The number of ether oxygens (including phenoxy) is 1. The monoisotopic (exact) mass is 280 g/mol. The van der Waals surface area contributed by atoms with E-state index in [0.29, 0.717) is 25.4 Å². The van der Waals surface area contributed by atoms with Crippen molar-refractivity contribution in [2.45, 2.75) is 19.8 Å². The molecule has 1 aromatic carbocycles. The average Bonchev–Trinajstić information content (AvgIpc) is 2.38. The summed E-state index contributed by atoms with van der Waals surface area (Å²) in [5, 5.41) is 2.76. The standard InChI is InChI=1S/C15H21FN2O2/c1-11(2)12-7-13(16)9-14(8-12)17-15(19)10-18-3-5-20-6-4-18/h7-9,11H,3-6,10H2,1-2H3,(H,17,19). The van der Waals surface area contributed by atoms with Crippen molar-refractivity contribution in [3.05, 3.63) is 29.6 Å². The van der Waals surface area contributed by atoms with E-state index in [1.54, 1.807) is 0 Å². The number of nitrogens with zero attached hydrogens (tertiary/aromatic N) is 1. The van der Waals surface area contributed by atoms with Gasteiger partial charge in [0.15, 0.2) is 0 Å². The summed E-state index contributed by atoms with van der Waals surface area (Å²) < 4.78 is 18.8. The van der Waals surface area contributed by atoms with Crippen LogP contribution in [-0.4, -0.2) is 43.7 Å². The van der Waals surface area contributed by atoms with E-state index in [1.807, 2.05) is 24.8 Å². The number of carbonyl (C=O) groups is 1. The molecule has 4 nitrogen and oxygen atoms in total. The van der Waals surface area contributed by atoms with Crippen LogP contribution in [0.3, 0.4) is 0 Å². The topological polar surface area (TPSA) is 41.6 Å². The lowest BCUT2D eigenvalue weighted by molar-refractivity contribution is -0.118. The normalized spacial score (nSPS) is 16.4. The molecular formula is C15H21FN2O2. The average molecular weight is 280 g/mol. The summed E-state index contributed by atoms with van der Waals surface area (Å²) in [4.78, 5) is 14.0. The Balaban J connectivity index is 1.96. The predicted octanol–water partition coefficient (Wildman–Crippen LogP) is 2.22. The maximum absolute atomic E-state index is 13.5. The van der Waals surface area contributed by atoms with Gasteiger partial charge in [-0.05, 0) is 29.7 Å². The van der Waals surface area contributed by atoms with Crippen LogP contribution >= 0.6 is 0 Å². The molecule has 0 atom stereocenters. The van der Waals surface area contributed by atoms with Crippen LogP contribution in [0.2, 0.25) is 0 Å². The lowest BCUT2D eigenvalue weighted by Crippen LogP contribution is -2.41. The van der Waals surface area contributed by atoms with Crippen molar-refractivity contribution in [2.24, 2.45) is 0 Å². The van der Waals surface area contributed by atoms with Gasteiger partial charge in [-0.2, -0.15) is 0 Å². The first-order chi connectivity index (χ1) is 9.54. The van der Waals surface area contributed by atoms with Crippen LogP contribution in [0.1, 0.15) is 25.3 Å².